The van der Waals surface area contributed by atoms with E-state index in [0.29, 0.717) is 30.4 Å². The molecule has 2 aromatic rings. The molecule has 0 aromatic heterocycles. The smallest absolute Gasteiger partial charge is 0.333 e. The Morgan fingerprint density at radius 3 is 2.30 bits per heavy atom. The van der Waals surface area contributed by atoms with Crippen molar-refractivity contribution in [3.63, 3.8) is 0 Å². The Morgan fingerprint density at radius 1 is 0.860 bits per heavy atom. The van der Waals surface area contributed by atoms with Gasteiger partial charge in [0.15, 0.2) is 0 Å². The van der Waals surface area contributed by atoms with Gasteiger partial charge in [-0.05, 0) is 85.2 Å². The van der Waals surface area contributed by atoms with Crippen LogP contribution < -0.4 is 0 Å². The molecule has 2 aromatic carbocycles. The van der Waals surface area contributed by atoms with Gasteiger partial charge >= 0.3 is 5.97 Å². The summed E-state index contributed by atoms with van der Waals surface area (Å²) < 4.78 is 5.37. The summed E-state index contributed by atoms with van der Waals surface area (Å²) in [5.41, 5.74) is 16.7. The summed E-state index contributed by atoms with van der Waals surface area (Å²) in [6, 6.07) is 13.8. The van der Waals surface area contributed by atoms with E-state index in [4.69, 9.17) is 4.74 Å². The second kappa shape index (κ2) is 9.67. The largest absolute Gasteiger partial charge is 0.462 e. The molecule has 0 amide bonds. The minimum Gasteiger partial charge on any atom is -0.462 e. The molecule has 2 atom stereocenters. The lowest BCUT2D eigenvalue weighted by atomic mass is 9.61. The molecule has 2 unspecified atom stereocenters. The molecule has 0 spiro atoms. The van der Waals surface area contributed by atoms with E-state index in [-0.39, 0.29) is 16.8 Å². The van der Waals surface area contributed by atoms with Crippen LogP contribution in [-0.4, -0.2) is 12.6 Å². The van der Waals surface area contributed by atoms with E-state index in [2.05, 4.69) is 126 Å². The lowest BCUT2D eigenvalue weighted by molar-refractivity contribution is -0.138. The lowest BCUT2D eigenvalue weighted by Gasteiger charge is -2.42. The molecule has 0 N–H and O–H groups in total. The number of fused-ring (bicyclic) bond motifs is 3. The van der Waals surface area contributed by atoms with Crippen LogP contribution in [0.1, 0.15) is 63.8 Å². The van der Waals surface area contributed by atoms with Gasteiger partial charge in [0.25, 0.3) is 0 Å². The predicted octanol–water partition coefficient (Wildman–Crippen LogP) is 9.56. The number of ether oxygens (including phenoxy) is 1. The Labute approximate surface area is 256 Å². The molecule has 0 radical (unpaired) electrons. The Bertz CT molecular complexity index is 1830. The molecule has 0 heterocycles. The summed E-state index contributed by atoms with van der Waals surface area (Å²) in [7, 11) is 0. The lowest BCUT2D eigenvalue weighted by Crippen LogP contribution is -2.30. The Hall–Kier alpha value is -4.17. The third-order valence-electron chi connectivity index (χ3n) is 9.96. The van der Waals surface area contributed by atoms with Gasteiger partial charge in [-0.25, -0.2) is 4.79 Å². The predicted molar refractivity (Wildman–Crippen MR) is 177 cm³/mol. The van der Waals surface area contributed by atoms with Crippen LogP contribution in [0.3, 0.4) is 0 Å². The van der Waals surface area contributed by atoms with Gasteiger partial charge in [-0.15, -0.1) is 0 Å². The van der Waals surface area contributed by atoms with E-state index in [1.807, 2.05) is 0 Å². The zero-order chi connectivity index (χ0) is 30.3. The first-order valence-electron chi connectivity index (χ1n) is 15.5. The number of carbonyl (C=O) groups is 1. The molecular formula is C41H40O2. The molecule has 0 aliphatic heterocycles. The summed E-state index contributed by atoms with van der Waals surface area (Å²) >= 11 is 0. The molecule has 5 aliphatic rings. The first-order chi connectivity index (χ1) is 20.4. The summed E-state index contributed by atoms with van der Waals surface area (Å²) in [6.07, 6.45) is 19.7. The maximum Gasteiger partial charge on any atom is 0.333 e. The quantitative estimate of drug-likeness (QED) is 0.267. The average Bonchev–Trinajstić information content (AvgIpc) is 3.20. The Morgan fingerprint density at radius 2 is 1.56 bits per heavy atom. The zero-order valence-electron chi connectivity index (χ0n) is 26.2. The average molecular weight is 565 g/mol. The first-order valence-corrected chi connectivity index (χ1v) is 15.5. The van der Waals surface area contributed by atoms with Gasteiger partial charge in [-0.2, -0.15) is 0 Å². The van der Waals surface area contributed by atoms with Crippen LogP contribution in [0, 0.1) is 17.3 Å². The van der Waals surface area contributed by atoms with Crippen LogP contribution in [0.25, 0.3) is 16.7 Å². The highest BCUT2D eigenvalue weighted by Crippen LogP contribution is 2.55. The molecule has 216 valence electrons. The van der Waals surface area contributed by atoms with Crippen molar-refractivity contribution >= 4 is 11.5 Å². The monoisotopic (exact) mass is 564 g/mol. The number of rotatable bonds is 5. The van der Waals surface area contributed by atoms with Crippen LogP contribution in [-0.2, 0) is 21.4 Å². The maximum absolute atomic E-state index is 11.8. The second-order valence-electron chi connectivity index (χ2n) is 14.2. The number of hydrogen-bond acceptors (Lipinski definition) is 2. The maximum atomic E-state index is 11.8. The number of esters is 1. The van der Waals surface area contributed by atoms with Gasteiger partial charge in [0.1, 0.15) is 0 Å². The van der Waals surface area contributed by atoms with Crippen molar-refractivity contribution in [3.8, 4) is 11.1 Å². The summed E-state index contributed by atoms with van der Waals surface area (Å²) in [6.45, 7) is 17.3. The molecule has 5 aliphatic carbocycles. The summed E-state index contributed by atoms with van der Waals surface area (Å²) in [5, 5.41) is 0. The van der Waals surface area contributed by atoms with Crippen molar-refractivity contribution in [2.45, 2.75) is 53.4 Å². The van der Waals surface area contributed by atoms with Crippen molar-refractivity contribution in [2.75, 3.05) is 6.61 Å². The van der Waals surface area contributed by atoms with E-state index < -0.39 is 0 Å². The minimum absolute atomic E-state index is 0.122. The first kappa shape index (κ1) is 27.7. The zero-order valence-corrected chi connectivity index (χ0v) is 26.2. The summed E-state index contributed by atoms with van der Waals surface area (Å²) in [5.74, 6) is 0.412. The Kier molecular flexibility index (Phi) is 6.22. The van der Waals surface area contributed by atoms with Crippen molar-refractivity contribution in [3.05, 3.63) is 147 Å². The van der Waals surface area contributed by atoms with Crippen LogP contribution in [0.2, 0.25) is 0 Å². The fourth-order valence-corrected chi connectivity index (χ4v) is 7.48. The number of carbonyl (C=O) groups excluding carboxylic acids is 1. The van der Waals surface area contributed by atoms with E-state index in [0.717, 1.165) is 0 Å². The van der Waals surface area contributed by atoms with E-state index in [1.54, 1.807) is 6.92 Å². The van der Waals surface area contributed by atoms with Crippen molar-refractivity contribution in [1.82, 2.24) is 0 Å². The molecule has 0 bridgehead atoms. The summed E-state index contributed by atoms with van der Waals surface area (Å²) in [4.78, 5) is 11.8. The van der Waals surface area contributed by atoms with Crippen molar-refractivity contribution < 1.29 is 9.53 Å². The number of allylic oxidation sites excluding steroid dienone is 14. The van der Waals surface area contributed by atoms with Crippen LogP contribution in [0.4, 0.5) is 0 Å². The SMILES string of the molecule is C=C(C)C(=O)OCCc1ccc2c(c1)C(C)(C)c1cc(C3=CC=C4C=CC5=CC(C(C)(C)C)=CC6=CC=C3C4C65)ccc1-2. The van der Waals surface area contributed by atoms with E-state index >= 15 is 0 Å². The molecule has 7 rings (SSSR count). The topological polar surface area (TPSA) is 26.3 Å². The highest BCUT2D eigenvalue weighted by atomic mass is 16.5. The highest BCUT2D eigenvalue weighted by molar-refractivity contribution is 5.89. The van der Waals surface area contributed by atoms with Crippen LogP contribution in [0.5, 0.6) is 0 Å². The van der Waals surface area contributed by atoms with Gasteiger partial charge in [-0.1, -0.05) is 120 Å². The van der Waals surface area contributed by atoms with Gasteiger partial charge in [-0.3, -0.25) is 0 Å². The minimum atomic E-state index is -0.327. The van der Waals surface area contributed by atoms with Gasteiger partial charge in [0.05, 0.1) is 6.61 Å². The Balaban J connectivity index is 1.22. The number of hydrogen-bond donors (Lipinski definition) is 0. The molecule has 0 saturated carbocycles. The van der Waals surface area contributed by atoms with Gasteiger partial charge in [0.2, 0.25) is 0 Å². The van der Waals surface area contributed by atoms with Crippen molar-refractivity contribution in [1.29, 1.82) is 0 Å². The number of benzene rings is 2. The fraction of sp³-hybridized carbons (Fsp3) is 0.293. The molecule has 2 heteroatoms. The third kappa shape index (κ3) is 4.42. The standard InChI is InChI=1S/C41H40O2/c1-24(2)39(42)43-19-18-25-8-14-32-33-16-12-27(23-36(33)41(6,7)35(32)20-25)31-15-11-26-9-10-28-21-30(40(3,4)5)22-29-13-17-34(31)38(26)37(28)29/h8-17,20-23,37-38H,1,18-19H2,2-7H3. The highest BCUT2D eigenvalue weighted by Gasteiger charge is 2.41. The molecule has 43 heavy (non-hydrogen) atoms. The van der Waals surface area contributed by atoms with Gasteiger partial charge < -0.3 is 4.74 Å². The fourth-order valence-electron chi connectivity index (χ4n) is 7.48. The van der Waals surface area contributed by atoms with E-state index in [9.17, 15) is 4.79 Å². The molecule has 0 saturated heterocycles. The van der Waals surface area contributed by atoms with Gasteiger partial charge in [0, 0.05) is 29.2 Å². The second-order valence-corrected chi connectivity index (χ2v) is 14.2. The molecule has 0 fully saturated rings. The van der Waals surface area contributed by atoms with E-state index in [1.165, 1.54) is 66.8 Å². The molecule has 2 nitrogen and oxygen atoms in total. The van der Waals surface area contributed by atoms with Crippen LogP contribution in [0.15, 0.2) is 125 Å². The third-order valence-corrected chi connectivity index (χ3v) is 9.96. The van der Waals surface area contributed by atoms with Crippen LogP contribution >= 0.6 is 0 Å². The molecular weight excluding hydrogens is 524 g/mol. The van der Waals surface area contributed by atoms with Crippen molar-refractivity contribution in [2.24, 2.45) is 17.3 Å². The normalized spacial score (nSPS) is 22.1.